The summed E-state index contributed by atoms with van der Waals surface area (Å²) in [6.07, 6.45) is 1.58. The van der Waals surface area contributed by atoms with Gasteiger partial charge in [-0.05, 0) is 17.7 Å². The zero-order valence-corrected chi connectivity index (χ0v) is 8.71. The minimum absolute atomic E-state index is 0.0929. The molecule has 0 N–H and O–H groups in total. The molecule has 0 fully saturated rings. The van der Waals surface area contributed by atoms with Crippen molar-refractivity contribution in [3.63, 3.8) is 0 Å². The maximum atomic E-state index is 10.4. The quantitative estimate of drug-likeness (QED) is 0.248. The minimum atomic E-state index is -0.420. The van der Waals surface area contributed by atoms with Gasteiger partial charge in [-0.25, -0.2) is 4.58 Å². The molecule has 1 rings (SSSR count). The Morgan fingerprint density at radius 2 is 1.93 bits per heavy atom. The average molecular weight is 209 g/mol. The largest absolute Gasteiger partial charge is 0.445 e. The topological polar surface area (TPSA) is 55.4 Å². The Morgan fingerprint density at radius 1 is 1.33 bits per heavy atom. The Hall–Kier alpha value is -1.91. The molecule has 0 aromatic heterocycles. The van der Waals surface area contributed by atoms with Crippen molar-refractivity contribution in [2.75, 3.05) is 14.1 Å². The molecule has 15 heavy (non-hydrogen) atoms. The molecule has 0 bridgehead atoms. The van der Waals surface area contributed by atoms with Crippen molar-refractivity contribution in [1.82, 2.24) is 0 Å². The number of nitro benzene ring substituents is 1. The van der Waals surface area contributed by atoms with Crippen LogP contribution in [0.15, 0.2) is 24.3 Å². The average Bonchev–Trinajstić information content (AvgIpc) is 2.18. The Bertz CT molecular complexity index is 367. The first-order valence-corrected chi connectivity index (χ1v) is 4.44. The van der Waals surface area contributed by atoms with Crippen LogP contribution in [0.2, 0.25) is 0 Å². The summed E-state index contributed by atoms with van der Waals surface area (Å²) in [7, 11) is 3.71. The standard InChI is InChI=1S/C10H13N2O3/c1-11(2)8-15-7-9-3-5-10(6-4-9)12(13)14/h3-6,8H,7H2,1-2H3/q+1. The molecule has 5 heteroatoms. The number of nitrogens with zero attached hydrogens (tertiary/aromatic N) is 2. The van der Waals surface area contributed by atoms with Gasteiger partial charge in [0, 0.05) is 12.1 Å². The lowest BCUT2D eigenvalue weighted by molar-refractivity contribution is -0.468. The summed E-state index contributed by atoms with van der Waals surface area (Å²) >= 11 is 0. The molecule has 0 aliphatic carbocycles. The van der Waals surface area contributed by atoms with Crippen molar-refractivity contribution >= 4 is 12.1 Å². The van der Waals surface area contributed by atoms with E-state index in [-0.39, 0.29) is 5.69 Å². The van der Waals surface area contributed by atoms with Gasteiger partial charge < -0.3 is 4.74 Å². The number of hydrogen-bond donors (Lipinski definition) is 0. The molecule has 1 aromatic rings. The highest BCUT2D eigenvalue weighted by Gasteiger charge is 2.03. The van der Waals surface area contributed by atoms with E-state index >= 15 is 0 Å². The zero-order valence-electron chi connectivity index (χ0n) is 8.71. The molecule has 0 aliphatic rings. The highest BCUT2D eigenvalue weighted by atomic mass is 16.6. The van der Waals surface area contributed by atoms with E-state index in [1.54, 1.807) is 23.1 Å². The first-order valence-electron chi connectivity index (χ1n) is 4.44. The molecule has 1 aromatic carbocycles. The second-order valence-corrected chi connectivity index (χ2v) is 3.30. The van der Waals surface area contributed by atoms with Gasteiger partial charge in [0.05, 0.1) is 4.92 Å². The Balaban J connectivity index is 2.57. The third-order valence-corrected chi connectivity index (χ3v) is 1.68. The molecule has 0 atom stereocenters. The molecular weight excluding hydrogens is 196 g/mol. The second kappa shape index (κ2) is 5.09. The van der Waals surface area contributed by atoms with Crippen LogP contribution in [0.1, 0.15) is 5.56 Å². The lowest BCUT2D eigenvalue weighted by Crippen LogP contribution is -2.02. The molecule has 0 radical (unpaired) electrons. The van der Waals surface area contributed by atoms with Gasteiger partial charge in [0.2, 0.25) is 0 Å². The summed E-state index contributed by atoms with van der Waals surface area (Å²) in [5, 5.41) is 10.4. The normalized spacial score (nSPS) is 9.47. The van der Waals surface area contributed by atoms with Crippen LogP contribution in [0.5, 0.6) is 0 Å². The van der Waals surface area contributed by atoms with Gasteiger partial charge in [0.15, 0.2) is 0 Å². The molecule has 0 heterocycles. The lowest BCUT2D eigenvalue weighted by atomic mass is 10.2. The van der Waals surface area contributed by atoms with Crippen LogP contribution in [0.3, 0.4) is 0 Å². The van der Waals surface area contributed by atoms with Gasteiger partial charge in [-0.2, -0.15) is 0 Å². The third kappa shape index (κ3) is 3.76. The van der Waals surface area contributed by atoms with E-state index in [4.69, 9.17) is 4.74 Å². The van der Waals surface area contributed by atoms with Crippen LogP contribution in [0.25, 0.3) is 0 Å². The highest BCUT2D eigenvalue weighted by molar-refractivity contribution is 5.40. The summed E-state index contributed by atoms with van der Waals surface area (Å²) in [5.41, 5.74) is 0.994. The predicted molar refractivity (Wildman–Crippen MR) is 56.1 cm³/mol. The summed E-state index contributed by atoms with van der Waals surface area (Å²) in [6.45, 7) is 0.413. The molecule has 0 unspecified atom stereocenters. The summed E-state index contributed by atoms with van der Waals surface area (Å²) in [5.74, 6) is 0. The minimum Gasteiger partial charge on any atom is -0.445 e. The molecular formula is C10H13N2O3+. The van der Waals surface area contributed by atoms with Crippen LogP contribution >= 0.6 is 0 Å². The molecule has 0 saturated heterocycles. The molecule has 0 amide bonds. The van der Waals surface area contributed by atoms with Gasteiger partial charge in [0.25, 0.3) is 5.69 Å². The van der Waals surface area contributed by atoms with Crippen LogP contribution in [0, 0.1) is 10.1 Å². The summed E-state index contributed by atoms with van der Waals surface area (Å²) in [4.78, 5) is 9.96. The van der Waals surface area contributed by atoms with Crippen LogP contribution in [-0.4, -0.2) is 30.0 Å². The van der Waals surface area contributed by atoms with E-state index in [0.29, 0.717) is 6.61 Å². The fourth-order valence-electron chi connectivity index (χ4n) is 0.996. The van der Waals surface area contributed by atoms with Crippen LogP contribution in [-0.2, 0) is 11.3 Å². The van der Waals surface area contributed by atoms with Gasteiger partial charge in [-0.15, -0.1) is 0 Å². The fourth-order valence-corrected chi connectivity index (χ4v) is 0.996. The van der Waals surface area contributed by atoms with E-state index in [2.05, 4.69) is 0 Å². The van der Waals surface area contributed by atoms with E-state index < -0.39 is 4.92 Å². The van der Waals surface area contributed by atoms with Crippen LogP contribution < -0.4 is 0 Å². The van der Waals surface area contributed by atoms with Gasteiger partial charge in [-0.3, -0.25) is 10.1 Å². The van der Waals surface area contributed by atoms with Crippen molar-refractivity contribution in [3.05, 3.63) is 39.9 Å². The lowest BCUT2D eigenvalue weighted by Gasteiger charge is -1.98. The zero-order chi connectivity index (χ0) is 11.3. The van der Waals surface area contributed by atoms with Gasteiger partial charge in [0.1, 0.15) is 20.7 Å². The summed E-state index contributed by atoms with van der Waals surface area (Å²) in [6, 6.07) is 6.30. The molecule has 80 valence electrons. The van der Waals surface area contributed by atoms with E-state index in [1.807, 2.05) is 14.1 Å². The molecule has 0 saturated carbocycles. The van der Waals surface area contributed by atoms with Gasteiger partial charge >= 0.3 is 6.40 Å². The van der Waals surface area contributed by atoms with E-state index in [9.17, 15) is 10.1 Å². The highest BCUT2D eigenvalue weighted by Crippen LogP contribution is 2.12. The Labute approximate surface area is 87.8 Å². The maximum absolute atomic E-state index is 10.4. The second-order valence-electron chi connectivity index (χ2n) is 3.30. The number of nitro groups is 1. The predicted octanol–water partition coefficient (Wildman–Crippen LogP) is 1.41. The SMILES string of the molecule is C[N+](C)=COCc1ccc([N+](=O)[O-])cc1. The van der Waals surface area contributed by atoms with Crippen molar-refractivity contribution in [2.45, 2.75) is 6.61 Å². The molecule has 5 nitrogen and oxygen atoms in total. The number of ether oxygens (including phenoxy) is 1. The van der Waals surface area contributed by atoms with Crippen molar-refractivity contribution in [2.24, 2.45) is 0 Å². The third-order valence-electron chi connectivity index (χ3n) is 1.68. The molecule has 0 aliphatic heterocycles. The van der Waals surface area contributed by atoms with Crippen molar-refractivity contribution in [3.8, 4) is 0 Å². The maximum Gasteiger partial charge on any atom is 0.323 e. The number of hydrogen-bond acceptors (Lipinski definition) is 3. The van der Waals surface area contributed by atoms with Crippen LogP contribution in [0.4, 0.5) is 5.69 Å². The van der Waals surface area contributed by atoms with Gasteiger partial charge in [-0.1, -0.05) is 0 Å². The smallest absolute Gasteiger partial charge is 0.323 e. The number of benzene rings is 1. The van der Waals surface area contributed by atoms with Crippen molar-refractivity contribution < 1.29 is 14.2 Å². The monoisotopic (exact) mass is 209 g/mol. The Kier molecular flexibility index (Phi) is 3.79. The Morgan fingerprint density at radius 3 is 2.40 bits per heavy atom. The number of non-ortho nitro benzene ring substituents is 1. The molecule has 0 spiro atoms. The van der Waals surface area contributed by atoms with E-state index in [1.165, 1.54) is 12.1 Å². The first kappa shape index (κ1) is 11.2. The first-order chi connectivity index (χ1) is 7.09. The summed E-state index contributed by atoms with van der Waals surface area (Å²) < 4.78 is 7.00. The van der Waals surface area contributed by atoms with Crippen molar-refractivity contribution in [1.29, 1.82) is 0 Å². The number of rotatable bonds is 4. The fraction of sp³-hybridized carbons (Fsp3) is 0.300. The van der Waals surface area contributed by atoms with E-state index in [0.717, 1.165) is 5.56 Å².